The largest absolute Gasteiger partial charge is 0.465 e. The molecule has 1 heterocycles. The summed E-state index contributed by atoms with van der Waals surface area (Å²) in [5.74, 6) is -0.620. The van der Waals surface area contributed by atoms with Crippen LogP contribution in [0.3, 0.4) is 0 Å². The van der Waals surface area contributed by atoms with Crippen LogP contribution < -0.4 is 0 Å². The molecule has 24 heavy (non-hydrogen) atoms. The molecule has 0 amide bonds. The van der Waals surface area contributed by atoms with Crippen molar-refractivity contribution >= 4 is 22.8 Å². The monoisotopic (exact) mass is 333 g/mol. The summed E-state index contributed by atoms with van der Waals surface area (Å²) < 4.78 is 17.1. The topological polar surface area (TPSA) is 66.8 Å². The lowest BCUT2D eigenvalue weighted by molar-refractivity contribution is -0.148. The molecule has 0 aliphatic rings. The second-order valence-corrected chi connectivity index (χ2v) is 5.21. The summed E-state index contributed by atoms with van der Waals surface area (Å²) >= 11 is 0. The number of aromatic nitrogens is 1. The summed E-state index contributed by atoms with van der Waals surface area (Å²) in [4.78, 5) is 23.0. The molecule has 130 valence electrons. The van der Waals surface area contributed by atoms with Crippen molar-refractivity contribution in [2.75, 3.05) is 26.4 Å². The number of carbonyl (C=O) groups is 2. The van der Waals surface area contributed by atoms with Crippen LogP contribution in [0.25, 0.3) is 10.9 Å². The molecule has 0 saturated heterocycles. The third kappa shape index (κ3) is 4.83. The molecule has 0 spiro atoms. The van der Waals surface area contributed by atoms with Gasteiger partial charge in [-0.3, -0.25) is 4.79 Å². The number of nitrogens with zero attached hydrogens (tertiary/aromatic N) is 1. The van der Waals surface area contributed by atoms with Gasteiger partial charge in [0.1, 0.15) is 13.2 Å². The van der Waals surface area contributed by atoms with Crippen LogP contribution >= 0.6 is 0 Å². The SMILES string of the molecule is CCOC(=O)COCCc1cn(CC(=O)OCC)c2ccccc12. The maximum atomic E-state index is 11.7. The molecule has 0 N–H and O–H groups in total. The molecular weight excluding hydrogens is 310 g/mol. The Balaban J connectivity index is 2.02. The molecular formula is C18H23NO5. The van der Waals surface area contributed by atoms with Crippen molar-refractivity contribution in [1.82, 2.24) is 4.57 Å². The van der Waals surface area contributed by atoms with Gasteiger partial charge >= 0.3 is 11.9 Å². The van der Waals surface area contributed by atoms with Gasteiger partial charge in [0, 0.05) is 17.1 Å². The van der Waals surface area contributed by atoms with Crippen molar-refractivity contribution in [3.8, 4) is 0 Å². The number of rotatable bonds is 9. The number of hydrogen-bond donors (Lipinski definition) is 0. The van der Waals surface area contributed by atoms with Gasteiger partial charge in [-0.05, 0) is 31.9 Å². The van der Waals surface area contributed by atoms with Crippen LogP contribution in [-0.2, 0) is 36.8 Å². The van der Waals surface area contributed by atoms with E-state index in [4.69, 9.17) is 14.2 Å². The lowest BCUT2D eigenvalue weighted by Gasteiger charge is -2.04. The number of hydrogen-bond acceptors (Lipinski definition) is 5. The first-order valence-corrected chi connectivity index (χ1v) is 8.11. The Labute approximate surface area is 141 Å². The maximum Gasteiger partial charge on any atom is 0.332 e. The van der Waals surface area contributed by atoms with E-state index in [0.717, 1.165) is 16.5 Å². The van der Waals surface area contributed by atoms with Crippen LogP contribution in [0.15, 0.2) is 30.5 Å². The van der Waals surface area contributed by atoms with Gasteiger partial charge in [0.25, 0.3) is 0 Å². The second kappa shape index (κ2) is 9.08. The van der Waals surface area contributed by atoms with Crippen molar-refractivity contribution in [3.05, 3.63) is 36.0 Å². The maximum absolute atomic E-state index is 11.7. The number of ether oxygens (including phenoxy) is 3. The van der Waals surface area contributed by atoms with Gasteiger partial charge in [0.15, 0.2) is 0 Å². The Morgan fingerprint density at radius 2 is 1.75 bits per heavy atom. The van der Waals surface area contributed by atoms with E-state index in [0.29, 0.717) is 26.2 Å². The van der Waals surface area contributed by atoms with Gasteiger partial charge in [-0.15, -0.1) is 0 Å². The zero-order valence-electron chi connectivity index (χ0n) is 14.1. The Morgan fingerprint density at radius 3 is 2.50 bits per heavy atom. The van der Waals surface area contributed by atoms with E-state index in [1.165, 1.54) is 0 Å². The summed E-state index contributed by atoms with van der Waals surface area (Å²) in [5, 5.41) is 1.07. The first-order chi connectivity index (χ1) is 11.7. The number of fused-ring (bicyclic) bond motifs is 1. The molecule has 0 aliphatic heterocycles. The first kappa shape index (κ1) is 18.0. The minimum absolute atomic E-state index is 0.0463. The summed E-state index contributed by atoms with van der Waals surface area (Å²) in [5.41, 5.74) is 2.05. The summed E-state index contributed by atoms with van der Waals surface area (Å²) in [6.07, 6.45) is 2.59. The fourth-order valence-corrected chi connectivity index (χ4v) is 2.54. The van der Waals surface area contributed by atoms with Crippen molar-refractivity contribution in [3.63, 3.8) is 0 Å². The fraction of sp³-hybridized carbons (Fsp3) is 0.444. The van der Waals surface area contributed by atoms with Crippen LogP contribution in [-0.4, -0.2) is 42.9 Å². The molecule has 0 unspecified atom stereocenters. The Bertz CT molecular complexity index is 692. The Morgan fingerprint density at radius 1 is 1.04 bits per heavy atom. The molecule has 0 saturated carbocycles. The van der Waals surface area contributed by atoms with Gasteiger partial charge in [-0.2, -0.15) is 0 Å². The minimum atomic E-state index is -0.359. The van der Waals surface area contributed by atoms with Crippen LogP contribution in [0.1, 0.15) is 19.4 Å². The van der Waals surface area contributed by atoms with Gasteiger partial charge in [0.2, 0.25) is 0 Å². The molecule has 2 aromatic rings. The summed E-state index contributed by atoms with van der Waals surface area (Å²) in [6.45, 7) is 4.81. The lowest BCUT2D eigenvalue weighted by Crippen LogP contribution is -2.13. The third-order valence-electron chi connectivity index (χ3n) is 3.52. The molecule has 1 aromatic carbocycles. The fourth-order valence-electron chi connectivity index (χ4n) is 2.54. The van der Waals surface area contributed by atoms with Crippen LogP contribution in [0.4, 0.5) is 0 Å². The minimum Gasteiger partial charge on any atom is -0.465 e. The molecule has 0 radical (unpaired) electrons. The van der Waals surface area contributed by atoms with Crippen molar-refractivity contribution in [2.24, 2.45) is 0 Å². The third-order valence-corrected chi connectivity index (χ3v) is 3.52. The average molecular weight is 333 g/mol. The smallest absolute Gasteiger partial charge is 0.332 e. The molecule has 1 aromatic heterocycles. The Kier molecular flexibility index (Phi) is 6.81. The number of carbonyl (C=O) groups excluding carboxylic acids is 2. The molecule has 2 rings (SSSR count). The van der Waals surface area contributed by atoms with Gasteiger partial charge in [-0.1, -0.05) is 18.2 Å². The molecule has 6 nitrogen and oxygen atoms in total. The number of benzene rings is 1. The van der Waals surface area contributed by atoms with E-state index in [-0.39, 0.29) is 25.1 Å². The van der Waals surface area contributed by atoms with E-state index >= 15 is 0 Å². The predicted octanol–water partition coefficient (Wildman–Crippen LogP) is 2.33. The molecule has 6 heteroatoms. The summed E-state index contributed by atoms with van der Waals surface area (Å²) in [7, 11) is 0. The molecule has 0 aliphatic carbocycles. The second-order valence-electron chi connectivity index (χ2n) is 5.21. The zero-order chi connectivity index (χ0) is 17.4. The van der Waals surface area contributed by atoms with Crippen LogP contribution in [0.2, 0.25) is 0 Å². The van der Waals surface area contributed by atoms with E-state index in [1.54, 1.807) is 13.8 Å². The highest BCUT2D eigenvalue weighted by atomic mass is 16.6. The van der Waals surface area contributed by atoms with Crippen molar-refractivity contribution in [2.45, 2.75) is 26.8 Å². The highest BCUT2D eigenvalue weighted by Crippen LogP contribution is 2.22. The Hall–Kier alpha value is -2.34. The lowest BCUT2D eigenvalue weighted by atomic mass is 10.1. The van der Waals surface area contributed by atoms with Gasteiger partial charge < -0.3 is 18.8 Å². The van der Waals surface area contributed by atoms with Crippen molar-refractivity contribution in [1.29, 1.82) is 0 Å². The normalized spacial score (nSPS) is 10.8. The molecule has 0 fully saturated rings. The highest BCUT2D eigenvalue weighted by Gasteiger charge is 2.11. The van der Waals surface area contributed by atoms with Gasteiger partial charge in [0.05, 0.1) is 19.8 Å². The quantitative estimate of drug-likeness (QED) is 0.520. The van der Waals surface area contributed by atoms with Crippen LogP contribution in [0, 0.1) is 0 Å². The van der Waals surface area contributed by atoms with Gasteiger partial charge in [-0.25, -0.2) is 4.79 Å². The van der Waals surface area contributed by atoms with E-state index < -0.39 is 0 Å². The number of para-hydroxylation sites is 1. The van der Waals surface area contributed by atoms with E-state index in [2.05, 4.69) is 0 Å². The van der Waals surface area contributed by atoms with Crippen molar-refractivity contribution < 1.29 is 23.8 Å². The summed E-state index contributed by atoms with van der Waals surface area (Å²) in [6, 6.07) is 7.88. The molecule has 0 bridgehead atoms. The van der Waals surface area contributed by atoms with E-state index in [1.807, 2.05) is 35.0 Å². The zero-order valence-corrected chi connectivity index (χ0v) is 14.1. The standard InChI is InChI=1S/C18H23NO5/c1-3-23-17(20)12-19-11-14(15-7-5-6-8-16(15)19)9-10-22-13-18(21)24-4-2/h5-8,11H,3-4,9-10,12-13H2,1-2H3. The van der Waals surface area contributed by atoms with E-state index in [9.17, 15) is 9.59 Å². The first-order valence-electron chi connectivity index (χ1n) is 8.11. The number of esters is 2. The highest BCUT2D eigenvalue weighted by molar-refractivity contribution is 5.85. The van der Waals surface area contributed by atoms with Crippen LogP contribution in [0.5, 0.6) is 0 Å². The molecule has 0 atom stereocenters. The predicted molar refractivity (Wildman–Crippen MR) is 89.7 cm³/mol. The average Bonchev–Trinajstić information content (AvgIpc) is 2.90.